The molecule has 1 atom stereocenters. The number of sulfonamides is 1. The zero-order chi connectivity index (χ0) is 23.6. The van der Waals surface area contributed by atoms with Crippen molar-refractivity contribution < 1.29 is 18.3 Å². The van der Waals surface area contributed by atoms with Gasteiger partial charge in [-0.2, -0.15) is 0 Å². The zero-order valence-electron chi connectivity index (χ0n) is 17.7. The predicted octanol–water partition coefficient (Wildman–Crippen LogP) is 4.92. The maximum absolute atomic E-state index is 11.5. The van der Waals surface area contributed by atoms with Gasteiger partial charge in [0.05, 0.1) is 23.6 Å². The molecule has 0 aliphatic carbocycles. The maximum atomic E-state index is 11.5. The van der Waals surface area contributed by atoms with Gasteiger partial charge in [-0.15, -0.1) is 0 Å². The van der Waals surface area contributed by atoms with E-state index >= 15 is 0 Å². The minimum atomic E-state index is -3.41. The quantitative estimate of drug-likeness (QED) is 0.205. The molecule has 33 heavy (non-hydrogen) atoms. The number of aliphatic hydroxyl groups is 1. The lowest BCUT2D eigenvalue weighted by atomic mass is 10.1. The van der Waals surface area contributed by atoms with Crippen molar-refractivity contribution >= 4 is 69.4 Å². The monoisotopic (exact) mass is 595 g/mol. The van der Waals surface area contributed by atoms with Crippen LogP contribution in [0.25, 0.3) is 21.8 Å². The van der Waals surface area contributed by atoms with Gasteiger partial charge in [0.15, 0.2) is 0 Å². The molecule has 0 saturated heterocycles. The molecule has 7 nitrogen and oxygen atoms in total. The Labute approximate surface area is 208 Å². The average molecular weight is 597 g/mol. The highest BCUT2D eigenvalue weighted by molar-refractivity contribution is 9.10. The number of aromatic amines is 1. The molecule has 1 heterocycles. The predicted molar refractivity (Wildman–Crippen MR) is 139 cm³/mol. The number of rotatable bonds is 9. The van der Waals surface area contributed by atoms with Gasteiger partial charge in [0.1, 0.15) is 12.4 Å². The van der Waals surface area contributed by atoms with Crippen LogP contribution in [0.3, 0.4) is 0 Å². The molecule has 4 rings (SSSR count). The van der Waals surface area contributed by atoms with Gasteiger partial charge in [0.2, 0.25) is 10.0 Å². The Kier molecular flexibility index (Phi) is 7.30. The summed E-state index contributed by atoms with van der Waals surface area (Å²) in [7, 11) is -3.41. The summed E-state index contributed by atoms with van der Waals surface area (Å²) in [5.41, 5.74) is 3.07. The fourth-order valence-electron chi connectivity index (χ4n) is 3.58. The average Bonchev–Trinajstić information content (AvgIpc) is 3.10. The van der Waals surface area contributed by atoms with Crippen LogP contribution < -0.4 is 14.8 Å². The summed E-state index contributed by atoms with van der Waals surface area (Å²) in [4.78, 5) is 3.41. The summed E-state index contributed by atoms with van der Waals surface area (Å²) >= 11 is 6.81. The van der Waals surface area contributed by atoms with Crippen LogP contribution in [0.5, 0.6) is 5.75 Å². The third-order valence-corrected chi connectivity index (χ3v) is 6.86. The van der Waals surface area contributed by atoms with Gasteiger partial charge in [-0.05, 0) is 57.9 Å². The molecule has 0 bridgehead atoms. The Balaban J connectivity index is 1.30. The molecule has 0 aliphatic rings. The number of aromatic nitrogens is 1. The van der Waals surface area contributed by atoms with Crippen molar-refractivity contribution in [2.24, 2.45) is 0 Å². The molecule has 10 heteroatoms. The normalized spacial score (nSPS) is 12.8. The highest BCUT2D eigenvalue weighted by atomic mass is 79.9. The fraction of sp³-hybridized carbons (Fsp3) is 0.217. The van der Waals surface area contributed by atoms with E-state index in [9.17, 15) is 13.5 Å². The molecule has 0 unspecified atom stereocenters. The second-order valence-corrected chi connectivity index (χ2v) is 11.2. The molecule has 0 saturated carbocycles. The summed E-state index contributed by atoms with van der Waals surface area (Å²) in [6.45, 7) is 1.28. The standard InChI is InChI=1S/C23H23Br2N3O4S/c1-33(30,31)28-22-10-14(2-7-19(22)25)23(29)13-26-8-9-32-16-4-6-18-17-5-3-15(24)11-20(17)27-21(18)12-16/h2-7,10-12,23,26-29H,8-9,13H2,1H3/t23-/m0/s1. The van der Waals surface area contributed by atoms with Crippen molar-refractivity contribution in [3.8, 4) is 5.75 Å². The van der Waals surface area contributed by atoms with Gasteiger partial charge in [-0.25, -0.2) is 8.42 Å². The van der Waals surface area contributed by atoms with Crippen LogP contribution in [0, 0.1) is 0 Å². The first-order chi connectivity index (χ1) is 15.7. The van der Waals surface area contributed by atoms with E-state index in [0.29, 0.717) is 35.4 Å². The third kappa shape index (κ3) is 6.07. The lowest BCUT2D eigenvalue weighted by Crippen LogP contribution is -2.26. The van der Waals surface area contributed by atoms with Crippen LogP contribution >= 0.6 is 31.9 Å². The topological polar surface area (TPSA) is 103 Å². The third-order valence-electron chi connectivity index (χ3n) is 5.09. The fourth-order valence-corrected chi connectivity index (χ4v) is 4.98. The number of nitrogens with one attached hydrogen (secondary N) is 3. The molecular weight excluding hydrogens is 574 g/mol. The molecule has 0 radical (unpaired) electrons. The number of hydrogen-bond donors (Lipinski definition) is 4. The van der Waals surface area contributed by atoms with Crippen molar-refractivity contribution in [3.63, 3.8) is 0 Å². The molecule has 0 fully saturated rings. The Morgan fingerprint density at radius 2 is 1.76 bits per heavy atom. The molecule has 4 N–H and O–H groups in total. The smallest absolute Gasteiger partial charge is 0.229 e. The Morgan fingerprint density at radius 3 is 2.52 bits per heavy atom. The van der Waals surface area contributed by atoms with E-state index in [-0.39, 0.29) is 0 Å². The van der Waals surface area contributed by atoms with Crippen LogP contribution in [0.2, 0.25) is 0 Å². The number of anilines is 1. The number of H-pyrrole nitrogens is 1. The van der Waals surface area contributed by atoms with Crippen molar-refractivity contribution in [2.75, 3.05) is 30.7 Å². The lowest BCUT2D eigenvalue weighted by Gasteiger charge is -2.15. The zero-order valence-corrected chi connectivity index (χ0v) is 21.7. The molecular formula is C23H23Br2N3O4S. The second kappa shape index (κ2) is 10.0. The van der Waals surface area contributed by atoms with Gasteiger partial charge in [-0.1, -0.05) is 28.1 Å². The van der Waals surface area contributed by atoms with Crippen molar-refractivity contribution in [2.45, 2.75) is 6.10 Å². The van der Waals surface area contributed by atoms with E-state index < -0.39 is 16.1 Å². The molecule has 4 aromatic rings. The highest BCUT2D eigenvalue weighted by Gasteiger charge is 2.12. The molecule has 0 amide bonds. The first-order valence-electron chi connectivity index (χ1n) is 10.2. The number of halogens is 2. The highest BCUT2D eigenvalue weighted by Crippen LogP contribution is 2.30. The van der Waals surface area contributed by atoms with Gasteiger partial charge in [0, 0.05) is 44.4 Å². The molecule has 0 aliphatic heterocycles. The van der Waals surface area contributed by atoms with Crippen molar-refractivity contribution in [1.29, 1.82) is 0 Å². The molecule has 174 valence electrons. The molecule has 3 aromatic carbocycles. The Hall–Kier alpha value is -2.11. The molecule has 0 spiro atoms. The number of ether oxygens (including phenoxy) is 1. The van der Waals surface area contributed by atoms with Crippen LogP contribution in [0.15, 0.2) is 63.5 Å². The minimum Gasteiger partial charge on any atom is -0.492 e. The number of benzene rings is 3. The maximum Gasteiger partial charge on any atom is 0.229 e. The number of fused-ring (bicyclic) bond motifs is 3. The van der Waals surface area contributed by atoms with E-state index in [0.717, 1.165) is 32.9 Å². The van der Waals surface area contributed by atoms with Crippen LogP contribution in [-0.2, 0) is 10.0 Å². The van der Waals surface area contributed by atoms with Gasteiger partial charge in [0.25, 0.3) is 0 Å². The lowest BCUT2D eigenvalue weighted by molar-refractivity contribution is 0.172. The van der Waals surface area contributed by atoms with E-state index in [4.69, 9.17) is 4.74 Å². The second-order valence-electron chi connectivity index (χ2n) is 7.70. The van der Waals surface area contributed by atoms with Crippen LogP contribution in [-0.4, -0.2) is 44.5 Å². The summed E-state index contributed by atoms with van der Waals surface area (Å²) in [5.74, 6) is 0.764. The van der Waals surface area contributed by atoms with E-state index in [1.807, 2.05) is 24.3 Å². The van der Waals surface area contributed by atoms with E-state index in [1.54, 1.807) is 18.2 Å². The van der Waals surface area contributed by atoms with Gasteiger partial charge >= 0.3 is 0 Å². The first-order valence-corrected chi connectivity index (χ1v) is 13.7. The number of hydrogen-bond acceptors (Lipinski definition) is 5. The van der Waals surface area contributed by atoms with Crippen LogP contribution in [0.4, 0.5) is 5.69 Å². The summed E-state index contributed by atoms with van der Waals surface area (Å²) in [5, 5.41) is 15.9. The summed E-state index contributed by atoms with van der Waals surface area (Å²) in [6, 6.07) is 17.2. The van der Waals surface area contributed by atoms with E-state index in [1.165, 1.54) is 5.39 Å². The number of aliphatic hydroxyl groups excluding tert-OH is 1. The first kappa shape index (κ1) is 24.0. The minimum absolute atomic E-state index is 0.305. The van der Waals surface area contributed by atoms with Gasteiger partial charge < -0.3 is 20.1 Å². The summed E-state index contributed by atoms with van der Waals surface area (Å²) < 4.78 is 32.9. The Bertz CT molecular complexity index is 1410. The van der Waals surface area contributed by atoms with Crippen LogP contribution in [0.1, 0.15) is 11.7 Å². The van der Waals surface area contributed by atoms with Crippen molar-refractivity contribution in [1.82, 2.24) is 10.3 Å². The summed E-state index contributed by atoms with van der Waals surface area (Å²) in [6.07, 6.45) is 0.291. The Morgan fingerprint density at radius 1 is 1.03 bits per heavy atom. The van der Waals surface area contributed by atoms with E-state index in [2.05, 4.69) is 59.0 Å². The largest absolute Gasteiger partial charge is 0.492 e. The van der Waals surface area contributed by atoms with Gasteiger partial charge in [-0.3, -0.25) is 4.72 Å². The van der Waals surface area contributed by atoms with Crippen molar-refractivity contribution in [3.05, 3.63) is 69.1 Å². The molecule has 1 aromatic heterocycles. The SMILES string of the molecule is CS(=O)(=O)Nc1cc([C@@H](O)CNCCOc2ccc3c(c2)[nH]c2cc(Br)ccc23)ccc1Br.